The van der Waals surface area contributed by atoms with Gasteiger partial charge in [-0.25, -0.2) is 0 Å². The number of nitrogens with zero attached hydrogens (tertiary/aromatic N) is 1. The van der Waals surface area contributed by atoms with Gasteiger partial charge < -0.3 is 5.32 Å². The molecule has 3 heteroatoms. The van der Waals surface area contributed by atoms with Crippen LogP contribution in [0.3, 0.4) is 0 Å². The predicted octanol–water partition coefficient (Wildman–Crippen LogP) is 2.84. The summed E-state index contributed by atoms with van der Waals surface area (Å²) in [6.45, 7) is 10.7. The van der Waals surface area contributed by atoms with Gasteiger partial charge in [0.05, 0.1) is 6.54 Å². The third kappa shape index (κ3) is 5.86. The average Bonchev–Trinajstić information content (AvgIpc) is 2.17. The molecule has 0 heterocycles. The van der Waals surface area contributed by atoms with E-state index in [9.17, 15) is 0 Å². The van der Waals surface area contributed by atoms with E-state index in [0.717, 1.165) is 10.7 Å². The SMILES string of the molecule is C=C/C(=C\C)CN=C(NC(C)C)SC. The number of rotatable bonds is 4. The van der Waals surface area contributed by atoms with Crippen molar-refractivity contribution < 1.29 is 0 Å². The fourth-order valence-corrected chi connectivity index (χ4v) is 1.40. The molecule has 0 spiro atoms. The first kappa shape index (κ1) is 13.3. The summed E-state index contributed by atoms with van der Waals surface area (Å²) in [4.78, 5) is 4.45. The minimum atomic E-state index is 0.430. The van der Waals surface area contributed by atoms with Crippen LogP contribution in [-0.4, -0.2) is 24.0 Å². The van der Waals surface area contributed by atoms with Crippen LogP contribution < -0.4 is 5.32 Å². The Labute approximate surface area is 91.6 Å². The highest BCUT2D eigenvalue weighted by molar-refractivity contribution is 8.13. The van der Waals surface area contributed by atoms with Crippen LogP contribution in [-0.2, 0) is 0 Å². The quantitative estimate of drug-likeness (QED) is 0.440. The van der Waals surface area contributed by atoms with E-state index < -0.39 is 0 Å². The molecule has 0 aliphatic carbocycles. The first-order valence-electron chi connectivity index (χ1n) is 4.76. The number of nitrogens with one attached hydrogen (secondary N) is 1. The number of amidine groups is 1. The molecule has 1 N–H and O–H groups in total. The summed E-state index contributed by atoms with van der Waals surface area (Å²) in [5.41, 5.74) is 1.15. The van der Waals surface area contributed by atoms with E-state index in [-0.39, 0.29) is 0 Å². The molecule has 0 bridgehead atoms. The molecule has 0 saturated heterocycles. The van der Waals surface area contributed by atoms with Crippen LogP contribution in [0.1, 0.15) is 20.8 Å². The van der Waals surface area contributed by atoms with Crippen molar-refractivity contribution in [2.45, 2.75) is 26.8 Å². The minimum absolute atomic E-state index is 0.430. The van der Waals surface area contributed by atoms with E-state index in [1.807, 2.05) is 25.3 Å². The van der Waals surface area contributed by atoms with E-state index in [1.54, 1.807) is 11.8 Å². The highest BCUT2D eigenvalue weighted by atomic mass is 32.2. The monoisotopic (exact) mass is 212 g/mol. The van der Waals surface area contributed by atoms with Gasteiger partial charge in [-0.1, -0.05) is 30.5 Å². The Morgan fingerprint density at radius 1 is 1.57 bits per heavy atom. The molecule has 0 saturated carbocycles. The molecule has 0 aromatic rings. The zero-order valence-corrected chi connectivity index (χ0v) is 10.3. The van der Waals surface area contributed by atoms with Gasteiger partial charge in [-0.3, -0.25) is 4.99 Å². The number of hydrogen-bond acceptors (Lipinski definition) is 2. The third-order valence-corrected chi connectivity index (χ3v) is 2.28. The molecule has 0 aliphatic heterocycles. The molecule has 0 radical (unpaired) electrons. The van der Waals surface area contributed by atoms with Crippen molar-refractivity contribution in [1.29, 1.82) is 0 Å². The third-order valence-electron chi connectivity index (χ3n) is 1.64. The molecule has 0 atom stereocenters. The second-order valence-corrected chi connectivity index (χ2v) is 3.99. The zero-order chi connectivity index (χ0) is 11.0. The molecule has 2 nitrogen and oxygen atoms in total. The number of thioether (sulfide) groups is 1. The van der Waals surface area contributed by atoms with Crippen LogP contribution in [0.2, 0.25) is 0 Å². The van der Waals surface area contributed by atoms with Gasteiger partial charge in [0, 0.05) is 6.04 Å². The van der Waals surface area contributed by atoms with Crippen molar-refractivity contribution in [2.75, 3.05) is 12.8 Å². The second kappa shape index (κ2) is 7.68. The lowest BCUT2D eigenvalue weighted by Gasteiger charge is -2.10. The van der Waals surface area contributed by atoms with Crippen LogP contribution in [0.5, 0.6) is 0 Å². The van der Waals surface area contributed by atoms with E-state index in [0.29, 0.717) is 12.6 Å². The van der Waals surface area contributed by atoms with Gasteiger partial charge in [0.15, 0.2) is 5.17 Å². The highest BCUT2D eigenvalue weighted by Crippen LogP contribution is 2.01. The van der Waals surface area contributed by atoms with Crippen molar-refractivity contribution in [3.63, 3.8) is 0 Å². The summed E-state index contributed by atoms with van der Waals surface area (Å²) in [5.74, 6) is 0. The number of hydrogen-bond donors (Lipinski definition) is 1. The first-order valence-corrected chi connectivity index (χ1v) is 5.99. The molecule has 0 aromatic heterocycles. The summed E-state index contributed by atoms with van der Waals surface area (Å²) < 4.78 is 0. The van der Waals surface area contributed by atoms with Gasteiger partial charge in [-0.2, -0.15) is 0 Å². The Morgan fingerprint density at radius 2 is 2.21 bits per heavy atom. The summed E-state index contributed by atoms with van der Waals surface area (Å²) >= 11 is 1.64. The second-order valence-electron chi connectivity index (χ2n) is 3.19. The highest BCUT2D eigenvalue weighted by Gasteiger charge is 1.98. The maximum atomic E-state index is 4.45. The lowest BCUT2D eigenvalue weighted by Crippen LogP contribution is -2.28. The molecule has 0 aromatic carbocycles. The van der Waals surface area contributed by atoms with Gasteiger partial charge in [0.1, 0.15) is 0 Å². The van der Waals surface area contributed by atoms with Gasteiger partial charge in [-0.05, 0) is 32.6 Å². The molecule has 0 amide bonds. The fourth-order valence-electron chi connectivity index (χ4n) is 0.853. The summed E-state index contributed by atoms with van der Waals surface area (Å²) in [7, 11) is 0. The predicted molar refractivity (Wildman–Crippen MR) is 68.0 cm³/mol. The molecule has 80 valence electrons. The molecular formula is C11H20N2S. The smallest absolute Gasteiger partial charge is 0.156 e. The Kier molecular flexibility index (Phi) is 7.30. The van der Waals surface area contributed by atoms with Gasteiger partial charge in [-0.15, -0.1) is 0 Å². The van der Waals surface area contributed by atoms with Crippen molar-refractivity contribution in [2.24, 2.45) is 4.99 Å². The molecule has 0 fully saturated rings. The Hall–Kier alpha value is -0.700. The molecular weight excluding hydrogens is 192 g/mol. The Morgan fingerprint density at radius 3 is 2.57 bits per heavy atom. The number of aliphatic imine (C=N–C) groups is 1. The zero-order valence-electron chi connectivity index (χ0n) is 9.50. The molecule has 0 rings (SSSR count). The normalized spacial score (nSPS) is 13.2. The van der Waals surface area contributed by atoms with Crippen molar-refractivity contribution in [1.82, 2.24) is 5.32 Å². The van der Waals surface area contributed by atoms with Crippen molar-refractivity contribution >= 4 is 16.9 Å². The number of allylic oxidation sites excluding steroid dienone is 1. The summed E-state index contributed by atoms with van der Waals surface area (Å²) in [5, 5.41) is 4.27. The van der Waals surface area contributed by atoms with E-state index in [4.69, 9.17) is 0 Å². The first-order chi connectivity index (χ1) is 6.63. The van der Waals surface area contributed by atoms with Gasteiger partial charge in [0.2, 0.25) is 0 Å². The van der Waals surface area contributed by atoms with E-state index in [2.05, 4.69) is 30.7 Å². The lowest BCUT2D eigenvalue weighted by atomic mass is 10.2. The van der Waals surface area contributed by atoms with Crippen LogP contribution in [0.25, 0.3) is 0 Å². The maximum absolute atomic E-state index is 4.45. The molecule has 0 unspecified atom stereocenters. The van der Waals surface area contributed by atoms with E-state index in [1.165, 1.54) is 0 Å². The molecule has 0 aliphatic rings. The standard InChI is InChI=1S/C11H20N2S/c1-6-10(7-2)8-12-11(14-5)13-9(3)4/h6-7,9H,1,8H2,2-5H3,(H,12,13)/b10-7+. The topological polar surface area (TPSA) is 24.4 Å². The Balaban J connectivity index is 4.23. The van der Waals surface area contributed by atoms with Crippen LogP contribution in [0, 0.1) is 0 Å². The van der Waals surface area contributed by atoms with Gasteiger partial charge >= 0.3 is 0 Å². The maximum Gasteiger partial charge on any atom is 0.156 e. The largest absolute Gasteiger partial charge is 0.363 e. The average molecular weight is 212 g/mol. The van der Waals surface area contributed by atoms with Crippen molar-refractivity contribution in [3.8, 4) is 0 Å². The summed E-state index contributed by atoms with van der Waals surface area (Å²) in [6.07, 6.45) is 5.90. The van der Waals surface area contributed by atoms with Crippen LogP contribution in [0.15, 0.2) is 29.3 Å². The van der Waals surface area contributed by atoms with Crippen molar-refractivity contribution in [3.05, 3.63) is 24.3 Å². The minimum Gasteiger partial charge on any atom is -0.363 e. The van der Waals surface area contributed by atoms with E-state index >= 15 is 0 Å². The Bertz CT molecular complexity index is 229. The molecule has 14 heavy (non-hydrogen) atoms. The van der Waals surface area contributed by atoms with Crippen LogP contribution >= 0.6 is 11.8 Å². The van der Waals surface area contributed by atoms with Crippen LogP contribution in [0.4, 0.5) is 0 Å². The van der Waals surface area contributed by atoms with Gasteiger partial charge in [0.25, 0.3) is 0 Å². The lowest BCUT2D eigenvalue weighted by molar-refractivity contribution is 0.738. The summed E-state index contributed by atoms with van der Waals surface area (Å²) in [6, 6.07) is 0.430. The fraction of sp³-hybridized carbons (Fsp3) is 0.545.